The summed E-state index contributed by atoms with van der Waals surface area (Å²) in [7, 11) is 0. The Balaban J connectivity index is 1.85. The number of allylic oxidation sites excluding steroid dienone is 2. The number of aryl methyl sites for hydroxylation is 1. The van der Waals surface area contributed by atoms with E-state index in [2.05, 4.69) is 72.2 Å². The van der Waals surface area contributed by atoms with Crippen molar-refractivity contribution in [2.75, 3.05) is 18.0 Å². The van der Waals surface area contributed by atoms with Crippen LogP contribution in [-0.2, 0) is 0 Å². The molecule has 0 radical (unpaired) electrons. The van der Waals surface area contributed by atoms with Gasteiger partial charge in [0.05, 0.1) is 0 Å². The van der Waals surface area contributed by atoms with Gasteiger partial charge in [0.1, 0.15) is 18.8 Å². The second-order valence-corrected chi connectivity index (χ2v) is 5.20. The molecule has 0 spiro atoms. The quantitative estimate of drug-likeness (QED) is 0.578. The maximum absolute atomic E-state index is 2.36. The number of benzene rings is 1. The van der Waals surface area contributed by atoms with Crippen LogP contribution in [0.2, 0.25) is 0 Å². The predicted octanol–water partition coefficient (Wildman–Crippen LogP) is 3.29. The highest BCUT2D eigenvalue weighted by atomic mass is 15.3. The van der Waals surface area contributed by atoms with Gasteiger partial charge >= 0.3 is 0 Å². The van der Waals surface area contributed by atoms with E-state index in [0.717, 1.165) is 19.5 Å². The molecule has 0 fully saturated rings. The maximum Gasteiger partial charge on any atom is 0.174 e. The fourth-order valence-electron chi connectivity index (χ4n) is 2.73. The minimum absolute atomic E-state index is 1.05. The fraction of sp³-hybridized carbons (Fsp3) is 0.294. The molecule has 0 saturated heterocycles. The summed E-state index contributed by atoms with van der Waals surface area (Å²) in [5.41, 5.74) is 4.02. The van der Waals surface area contributed by atoms with Gasteiger partial charge in [-0.25, -0.2) is 0 Å². The summed E-state index contributed by atoms with van der Waals surface area (Å²) >= 11 is 0. The first-order chi connectivity index (χ1) is 9.25. The second kappa shape index (κ2) is 4.96. The Bertz CT molecular complexity index is 566. The Hall–Kier alpha value is -1.96. The maximum atomic E-state index is 2.36. The average Bonchev–Trinajstić information content (AvgIpc) is 2.89. The van der Waals surface area contributed by atoms with Crippen molar-refractivity contribution in [3.8, 4) is 0 Å². The van der Waals surface area contributed by atoms with Crippen LogP contribution >= 0.6 is 0 Å². The summed E-state index contributed by atoms with van der Waals surface area (Å²) < 4.78 is 2.36. The highest BCUT2D eigenvalue weighted by molar-refractivity contribution is 5.79. The van der Waals surface area contributed by atoms with Crippen LogP contribution in [0.25, 0.3) is 0 Å². The third kappa shape index (κ3) is 2.30. The average molecular weight is 252 g/mol. The van der Waals surface area contributed by atoms with Crippen LogP contribution < -0.4 is 4.90 Å². The lowest BCUT2D eigenvalue weighted by molar-refractivity contribution is -0.486. The fourth-order valence-corrected chi connectivity index (χ4v) is 2.73. The zero-order chi connectivity index (χ0) is 13.2. The molecule has 2 nitrogen and oxygen atoms in total. The van der Waals surface area contributed by atoms with E-state index in [1.54, 1.807) is 0 Å². The molecule has 1 aliphatic heterocycles. The number of nitrogens with zero attached hydrogens (tertiary/aromatic N) is 2. The number of hydrogen-bond donors (Lipinski definition) is 0. The van der Waals surface area contributed by atoms with Gasteiger partial charge in [-0.1, -0.05) is 37.1 Å². The van der Waals surface area contributed by atoms with Gasteiger partial charge in [-0.2, -0.15) is 12.2 Å². The van der Waals surface area contributed by atoms with Crippen LogP contribution in [0.1, 0.15) is 18.9 Å². The molecule has 0 N–H and O–H groups in total. The summed E-state index contributed by atoms with van der Waals surface area (Å²) in [4.78, 5) is 2.35. The van der Waals surface area contributed by atoms with E-state index in [9.17, 15) is 0 Å². The Morgan fingerprint density at radius 2 is 2.05 bits per heavy atom. The molecule has 1 heterocycles. The highest BCUT2D eigenvalue weighted by Crippen LogP contribution is 2.25. The number of rotatable bonds is 2. The van der Waals surface area contributed by atoms with Crippen molar-refractivity contribution in [1.29, 1.82) is 0 Å². The highest BCUT2D eigenvalue weighted by Gasteiger charge is 2.23. The van der Waals surface area contributed by atoms with Crippen LogP contribution in [0.4, 0.5) is 5.69 Å². The van der Waals surface area contributed by atoms with E-state index in [1.807, 2.05) is 0 Å². The lowest BCUT2D eigenvalue weighted by atomic mass is 10.0. The van der Waals surface area contributed by atoms with Crippen molar-refractivity contribution in [1.82, 2.24) is 0 Å². The van der Waals surface area contributed by atoms with E-state index in [-0.39, 0.29) is 0 Å². The molecule has 1 aromatic rings. The van der Waals surface area contributed by atoms with Crippen LogP contribution in [0.15, 0.2) is 48.1 Å². The van der Waals surface area contributed by atoms with Gasteiger partial charge in [-0.3, -0.25) is 4.90 Å². The molecule has 3 rings (SSSR count). The van der Waals surface area contributed by atoms with Crippen LogP contribution in [0.3, 0.4) is 0 Å². The molecule has 0 amide bonds. The monoisotopic (exact) mass is 252 g/mol. The Kier molecular flexibility index (Phi) is 3.16. The van der Waals surface area contributed by atoms with Crippen molar-refractivity contribution in [3.05, 3.63) is 59.7 Å². The normalized spacial score (nSPS) is 18.6. The molecule has 0 aromatic heterocycles. The molecule has 0 atom stereocenters. The van der Waals surface area contributed by atoms with Crippen LogP contribution in [0, 0.1) is 13.0 Å². The third-order valence-corrected chi connectivity index (χ3v) is 3.83. The SMILES string of the molecule is CC1=CCC=C[C-]1[N+]1=CN(c2ccccc2C)CC1. The van der Waals surface area contributed by atoms with Gasteiger partial charge in [-0.05, 0) is 18.6 Å². The molecule has 2 heteroatoms. The van der Waals surface area contributed by atoms with E-state index in [0.29, 0.717) is 0 Å². The van der Waals surface area contributed by atoms with Gasteiger partial charge in [0, 0.05) is 6.04 Å². The van der Waals surface area contributed by atoms with E-state index < -0.39 is 0 Å². The Labute approximate surface area is 115 Å². The van der Waals surface area contributed by atoms with Crippen molar-refractivity contribution in [3.63, 3.8) is 0 Å². The van der Waals surface area contributed by atoms with E-state index in [1.165, 1.54) is 22.9 Å². The Morgan fingerprint density at radius 3 is 2.84 bits per heavy atom. The van der Waals surface area contributed by atoms with Crippen molar-refractivity contribution in [2.45, 2.75) is 20.3 Å². The number of para-hydroxylation sites is 1. The topological polar surface area (TPSA) is 6.25 Å². The van der Waals surface area contributed by atoms with Gasteiger partial charge in [0.15, 0.2) is 6.34 Å². The molecule has 98 valence electrons. The van der Waals surface area contributed by atoms with Gasteiger partial charge in [-0.15, -0.1) is 6.08 Å². The molecular formula is C17H20N2. The van der Waals surface area contributed by atoms with Crippen LogP contribution in [0.5, 0.6) is 0 Å². The standard InChI is InChI=1S/C17H20N2/c1-14-7-3-5-9-16(14)18-11-12-19(13-18)17-10-6-4-8-15(17)2/h3,5-10,13H,4,11-12H2,1-2H3. The zero-order valence-electron chi connectivity index (χ0n) is 11.6. The molecule has 0 bridgehead atoms. The third-order valence-electron chi connectivity index (χ3n) is 3.83. The lowest BCUT2D eigenvalue weighted by Crippen LogP contribution is -2.19. The van der Waals surface area contributed by atoms with Crippen molar-refractivity contribution < 1.29 is 4.58 Å². The number of hydrogen-bond acceptors (Lipinski definition) is 1. The van der Waals surface area contributed by atoms with Crippen molar-refractivity contribution in [2.24, 2.45) is 0 Å². The van der Waals surface area contributed by atoms with Gasteiger partial charge in [0.2, 0.25) is 0 Å². The zero-order valence-corrected chi connectivity index (χ0v) is 11.6. The summed E-state index contributed by atoms with van der Waals surface area (Å²) in [6, 6.07) is 9.90. The molecule has 0 unspecified atom stereocenters. The smallest absolute Gasteiger partial charge is 0.174 e. The van der Waals surface area contributed by atoms with Crippen LogP contribution in [-0.4, -0.2) is 24.0 Å². The van der Waals surface area contributed by atoms with E-state index in [4.69, 9.17) is 0 Å². The summed E-state index contributed by atoms with van der Waals surface area (Å²) in [5, 5.41) is 0. The van der Waals surface area contributed by atoms with E-state index >= 15 is 0 Å². The van der Waals surface area contributed by atoms with Gasteiger partial charge in [0.25, 0.3) is 0 Å². The van der Waals surface area contributed by atoms with Gasteiger partial charge < -0.3 is 4.58 Å². The molecule has 0 saturated carbocycles. The second-order valence-electron chi connectivity index (χ2n) is 5.20. The minimum Gasteiger partial charge on any atom is -0.310 e. The molecule has 1 aromatic carbocycles. The minimum atomic E-state index is 1.05. The first kappa shape index (κ1) is 12.1. The van der Waals surface area contributed by atoms with Crippen molar-refractivity contribution >= 4 is 12.0 Å². The number of anilines is 1. The predicted molar refractivity (Wildman–Crippen MR) is 80.5 cm³/mol. The molecule has 1 aliphatic carbocycles. The first-order valence-electron chi connectivity index (χ1n) is 6.90. The Morgan fingerprint density at radius 1 is 1.21 bits per heavy atom. The molecular weight excluding hydrogens is 232 g/mol. The summed E-state index contributed by atoms with van der Waals surface area (Å²) in [5.74, 6) is 0. The molecule has 19 heavy (non-hydrogen) atoms. The first-order valence-corrected chi connectivity index (χ1v) is 6.90. The molecule has 2 aliphatic rings. The lowest BCUT2D eigenvalue weighted by Gasteiger charge is -2.22. The summed E-state index contributed by atoms with van der Waals surface area (Å²) in [6.45, 7) is 6.47. The largest absolute Gasteiger partial charge is 0.310 e. The summed E-state index contributed by atoms with van der Waals surface area (Å²) in [6.07, 6.45) is 10.1.